The van der Waals surface area contributed by atoms with Crippen molar-refractivity contribution >= 4 is 10.8 Å². The molecule has 4 atom stereocenters. The molecule has 21 heavy (non-hydrogen) atoms. The van der Waals surface area contributed by atoms with Crippen LogP contribution < -0.4 is 5.32 Å². The fourth-order valence-corrected chi connectivity index (χ4v) is 5.09. The summed E-state index contributed by atoms with van der Waals surface area (Å²) in [7, 11) is -1.06. The molecule has 1 aromatic rings. The third kappa shape index (κ3) is 4.36. The van der Waals surface area contributed by atoms with Crippen molar-refractivity contribution < 1.29 is 8.60 Å². The van der Waals surface area contributed by atoms with Crippen molar-refractivity contribution in [2.45, 2.75) is 62.1 Å². The molecule has 2 nitrogen and oxygen atoms in total. The van der Waals surface area contributed by atoms with Crippen molar-refractivity contribution in [2.75, 3.05) is 6.54 Å². The second-order valence-corrected chi connectivity index (χ2v) is 7.59. The summed E-state index contributed by atoms with van der Waals surface area (Å²) in [5.74, 6) is 0.408. The van der Waals surface area contributed by atoms with E-state index in [4.69, 9.17) is 0 Å². The zero-order valence-electron chi connectivity index (χ0n) is 13.0. The van der Waals surface area contributed by atoms with Gasteiger partial charge in [0.1, 0.15) is 5.82 Å². The molecule has 2 rings (SSSR count). The minimum absolute atomic E-state index is 0.140. The first kappa shape index (κ1) is 16.6. The molecular formula is C17H26FNOS. The topological polar surface area (TPSA) is 29.1 Å². The lowest BCUT2D eigenvalue weighted by atomic mass is 9.83. The number of halogens is 1. The molecule has 1 fully saturated rings. The first-order chi connectivity index (χ1) is 10.2. The monoisotopic (exact) mass is 311 g/mol. The van der Waals surface area contributed by atoms with E-state index >= 15 is 0 Å². The summed E-state index contributed by atoms with van der Waals surface area (Å²) in [6.45, 7) is 5.21. The number of hydrogen-bond donors (Lipinski definition) is 1. The highest BCUT2D eigenvalue weighted by molar-refractivity contribution is 7.85. The molecule has 1 saturated carbocycles. The molecule has 118 valence electrons. The Bertz CT molecular complexity index is 462. The van der Waals surface area contributed by atoms with Gasteiger partial charge in [0.2, 0.25) is 0 Å². The molecule has 0 saturated heterocycles. The van der Waals surface area contributed by atoms with Gasteiger partial charge in [-0.3, -0.25) is 4.21 Å². The van der Waals surface area contributed by atoms with E-state index in [9.17, 15) is 8.60 Å². The number of benzene rings is 1. The average molecular weight is 311 g/mol. The van der Waals surface area contributed by atoms with Crippen LogP contribution in [0.4, 0.5) is 4.39 Å². The fourth-order valence-electron chi connectivity index (χ4n) is 3.36. The summed E-state index contributed by atoms with van der Waals surface area (Å²) in [5.41, 5.74) is 0. The first-order valence-electron chi connectivity index (χ1n) is 8.05. The van der Waals surface area contributed by atoms with Gasteiger partial charge >= 0.3 is 0 Å². The van der Waals surface area contributed by atoms with Gasteiger partial charge in [-0.15, -0.1) is 0 Å². The summed E-state index contributed by atoms with van der Waals surface area (Å²) in [5, 5.41) is 3.63. The minimum Gasteiger partial charge on any atom is -0.313 e. The Hall–Kier alpha value is -0.740. The summed E-state index contributed by atoms with van der Waals surface area (Å²) in [6.07, 6.45) is 5.73. The Balaban J connectivity index is 2.14. The molecule has 4 unspecified atom stereocenters. The summed E-state index contributed by atoms with van der Waals surface area (Å²) in [6, 6.07) is 6.45. The average Bonchev–Trinajstić information content (AvgIpc) is 2.49. The Kier molecular flexibility index (Phi) is 6.37. The molecule has 0 bridgehead atoms. The number of nitrogens with one attached hydrogen (secondary N) is 1. The van der Waals surface area contributed by atoms with Crippen LogP contribution in [0.3, 0.4) is 0 Å². The standard InChI is InChI=1S/C17H26FNOS/c1-3-5-13-6-11-16(19-4-2)17(12-13)21(20)15-9-7-14(18)8-10-15/h7-10,13,16-17,19H,3-6,11-12H2,1-2H3. The molecule has 4 heteroatoms. The van der Waals surface area contributed by atoms with Crippen LogP contribution in [-0.4, -0.2) is 22.0 Å². The summed E-state index contributed by atoms with van der Waals surface area (Å²) >= 11 is 0. The molecule has 0 radical (unpaired) electrons. The molecule has 1 aliphatic rings. The van der Waals surface area contributed by atoms with Gasteiger partial charge in [-0.2, -0.15) is 0 Å². The second kappa shape index (κ2) is 8.04. The maximum Gasteiger partial charge on any atom is 0.123 e. The fraction of sp³-hybridized carbons (Fsp3) is 0.647. The molecule has 1 aromatic carbocycles. The molecule has 0 aromatic heterocycles. The number of rotatable bonds is 6. The van der Waals surface area contributed by atoms with Gasteiger partial charge in [-0.25, -0.2) is 4.39 Å². The Morgan fingerprint density at radius 2 is 1.95 bits per heavy atom. The van der Waals surface area contributed by atoms with Gasteiger partial charge in [0.05, 0.1) is 16.0 Å². The Morgan fingerprint density at radius 1 is 1.24 bits per heavy atom. The van der Waals surface area contributed by atoms with Crippen LogP contribution in [0.5, 0.6) is 0 Å². The van der Waals surface area contributed by atoms with Crippen LogP contribution in [0.25, 0.3) is 0 Å². The molecular weight excluding hydrogens is 285 g/mol. The lowest BCUT2D eigenvalue weighted by molar-refractivity contribution is 0.286. The third-order valence-electron chi connectivity index (χ3n) is 4.38. The molecule has 0 spiro atoms. The van der Waals surface area contributed by atoms with Crippen LogP contribution in [0.15, 0.2) is 29.2 Å². The predicted octanol–water partition coefficient (Wildman–Crippen LogP) is 3.88. The molecule has 0 amide bonds. The maximum atomic E-state index is 13.0. The van der Waals surface area contributed by atoms with Crippen molar-refractivity contribution in [3.63, 3.8) is 0 Å². The maximum absolute atomic E-state index is 13.0. The van der Waals surface area contributed by atoms with Crippen molar-refractivity contribution in [1.82, 2.24) is 5.32 Å². The zero-order valence-corrected chi connectivity index (χ0v) is 13.8. The normalized spacial score (nSPS) is 27.5. The predicted molar refractivity (Wildman–Crippen MR) is 86.3 cm³/mol. The van der Waals surface area contributed by atoms with Crippen molar-refractivity contribution in [1.29, 1.82) is 0 Å². The number of hydrogen-bond acceptors (Lipinski definition) is 2. The third-order valence-corrected chi connectivity index (χ3v) is 6.19. The van der Waals surface area contributed by atoms with Gasteiger partial charge in [-0.05, 0) is 56.0 Å². The Morgan fingerprint density at radius 3 is 2.57 bits per heavy atom. The van der Waals surface area contributed by atoms with Crippen molar-refractivity contribution in [3.05, 3.63) is 30.1 Å². The van der Waals surface area contributed by atoms with E-state index in [1.54, 1.807) is 12.1 Å². The smallest absolute Gasteiger partial charge is 0.123 e. The molecule has 0 aliphatic heterocycles. The van der Waals surface area contributed by atoms with E-state index in [0.29, 0.717) is 12.0 Å². The lowest BCUT2D eigenvalue weighted by Gasteiger charge is -2.36. The minimum atomic E-state index is -1.06. The zero-order chi connectivity index (χ0) is 15.2. The van der Waals surface area contributed by atoms with Gasteiger partial charge < -0.3 is 5.32 Å². The summed E-state index contributed by atoms with van der Waals surface area (Å²) < 4.78 is 25.9. The molecule has 1 aliphatic carbocycles. The highest BCUT2D eigenvalue weighted by Crippen LogP contribution is 2.33. The Labute approximate surface area is 130 Å². The van der Waals surface area contributed by atoms with Crippen LogP contribution in [0, 0.1) is 11.7 Å². The van der Waals surface area contributed by atoms with E-state index in [1.807, 2.05) is 0 Å². The van der Waals surface area contributed by atoms with E-state index in [0.717, 1.165) is 24.3 Å². The van der Waals surface area contributed by atoms with E-state index in [1.165, 1.54) is 31.4 Å². The van der Waals surface area contributed by atoms with Gasteiger partial charge in [0, 0.05) is 10.9 Å². The van der Waals surface area contributed by atoms with Crippen molar-refractivity contribution in [2.24, 2.45) is 5.92 Å². The van der Waals surface area contributed by atoms with Crippen LogP contribution in [0.2, 0.25) is 0 Å². The SMILES string of the molecule is CCCC1CCC(NCC)C(S(=O)c2ccc(F)cc2)C1. The van der Waals surface area contributed by atoms with Crippen LogP contribution in [0.1, 0.15) is 46.0 Å². The van der Waals surface area contributed by atoms with Gasteiger partial charge in [0.15, 0.2) is 0 Å². The van der Waals surface area contributed by atoms with E-state index in [-0.39, 0.29) is 11.1 Å². The van der Waals surface area contributed by atoms with E-state index in [2.05, 4.69) is 19.2 Å². The first-order valence-corrected chi connectivity index (χ1v) is 9.26. The van der Waals surface area contributed by atoms with Crippen LogP contribution in [-0.2, 0) is 10.8 Å². The van der Waals surface area contributed by atoms with Crippen molar-refractivity contribution in [3.8, 4) is 0 Å². The molecule has 0 heterocycles. The van der Waals surface area contributed by atoms with Gasteiger partial charge in [-0.1, -0.05) is 26.7 Å². The van der Waals surface area contributed by atoms with E-state index < -0.39 is 10.8 Å². The quantitative estimate of drug-likeness (QED) is 0.864. The highest BCUT2D eigenvalue weighted by Gasteiger charge is 2.34. The second-order valence-electron chi connectivity index (χ2n) is 5.92. The molecule has 1 N–H and O–H groups in total. The van der Waals surface area contributed by atoms with Gasteiger partial charge in [0.25, 0.3) is 0 Å². The van der Waals surface area contributed by atoms with Crippen LogP contribution >= 0.6 is 0 Å². The summed E-state index contributed by atoms with van der Waals surface area (Å²) in [4.78, 5) is 0.751. The largest absolute Gasteiger partial charge is 0.313 e. The lowest BCUT2D eigenvalue weighted by Crippen LogP contribution is -2.46. The highest BCUT2D eigenvalue weighted by atomic mass is 32.2.